The molecule has 158 valence electrons. The van der Waals surface area contributed by atoms with Crippen molar-refractivity contribution in [3.8, 4) is 0 Å². The van der Waals surface area contributed by atoms with Gasteiger partial charge in [-0.15, -0.1) is 0 Å². The summed E-state index contributed by atoms with van der Waals surface area (Å²) in [6.45, 7) is 2.85. The van der Waals surface area contributed by atoms with Crippen LogP contribution in [0.5, 0.6) is 0 Å². The molecule has 1 fully saturated rings. The fourth-order valence-corrected chi connectivity index (χ4v) is 3.40. The summed E-state index contributed by atoms with van der Waals surface area (Å²) >= 11 is 0. The van der Waals surface area contributed by atoms with E-state index >= 15 is 0 Å². The van der Waals surface area contributed by atoms with Gasteiger partial charge in [0.1, 0.15) is 5.82 Å². The van der Waals surface area contributed by atoms with Gasteiger partial charge in [0, 0.05) is 25.2 Å². The fourth-order valence-electron chi connectivity index (χ4n) is 3.40. The van der Waals surface area contributed by atoms with E-state index in [0.717, 1.165) is 11.1 Å². The minimum atomic E-state index is -0.421. The highest BCUT2D eigenvalue weighted by Crippen LogP contribution is 2.20. The van der Waals surface area contributed by atoms with Crippen LogP contribution in [-0.2, 0) is 20.9 Å². The van der Waals surface area contributed by atoms with Crippen LogP contribution in [0.2, 0.25) is 0 Å². The smallest absolute Gasteiger partial charge is 0.309 e. The number of benzene rings is 2. The zero-order chi connectivity index (χ0) is 21.5. The second kappa shape index (κ2) is 10.0. The molecule has 0 aromatic heterocycles. The molecule has 30 heavy (non-hydrogen) atoms. The first-order valence-corrected chi connectivity index (χ1v) is 9.96. The lowest BCUT2D eigenvalue weighted by molar-refractivity contribution is -0.153. The van der Waals surface area contributed by atoms with Gasteiger partial charge in [-0.2, -0.15) is 0 Å². The molecule has 7 heteroatoms. The van der Waals surface area contributed by atoms with Crippen LogP contribution < -0.4 is 5.32 Å². The summed E-state index contributed by atoms with van der Waals surface area (Å²) in [4.78, 5) is 38.3. The number of amides is 2. The van der Waals surface area contributed by atoms with Crippen LogP contribution in [-0.4, -0.2) is 42.4 Å². The zero-order valence-corrected chi connectivity index (χ0v) is 16.9. The van der Waals surface area contributed by atoms with E-state index < -0.39 is 11.8 Å². The Kier molecular flexibility index (Phi) is 7.17. The maximum Gasteiger partial charge on any atom is 0.309 e. The number of piperidine rings is 1. The van der Waals surface area contributed by atoms with Crippen LogP contribution in [0.4, 0.5) is 4.39 Å². The number of aryl methyl sites for hydroxylation is 1. The first-order chi connectivity index (χ1) is 14.4. The van der Waals surface area contributed by atoms with Crippen LogP contribution in [0, 0.1) is 18.7 Å². The van der Waals surface area contributed by atoms with Crippen LogP contribution in [0.15, 0.2) is 48.5 Å². The molecule has 2 amide bonds. The Bertz CT molecular complexity index is 906. The molecule has 0 bridgehead atoms. The molecule has 0 radical (unpaired) electrons. The average Bonchev–Trinajstić information content (AvgIpc) is 2.77. The number of ether oxygens (including phenoxy) is 1. The molecule has 1 saturated heterocycles. The molecule has 1 aliphatic rings. The molecule has 3 rings (SSSR count). The van der Waals surface area contributed by atoms with Crippen LogP contribution in [0.25, 0.3) is 0 Å². The van der Waals surface area contributed by atoms with Gasteiger partial charge < -0.3 is 15.0 Å². The lowest BCUT2D eigenvalue weighted by atomic mass is 9.96. The molecular formula is C23H25FN2O4. The maximum atomic E-state index is 13.0. The highest BCUT2D eigenvalue weighted by molar-refractivity contribution is 5.94. The Morgan fingerprint density at radius 2 is 1.73 bits per heavy atom. The summed E-state index contributed by atoms with van der Waals surface area (Å²) in [5.74, 6) is -1.69. The van der Waals surface area contributed by atoms with Crippen molar-refractivity contribution >= 4 is 17.8 Å². The topological polar surface area (TPSA) is 75.7 Å². The number of nitrogens with one attached hydrogen (secondary N) is 1. The van der Waals surface area contributed by atoms with E-state index in [4.69, 9.17) is 4.74 Å². The van der Waals surface area contributed by atoms with Gasteiger partial charge in [-0.3, -0.25) is 14.4 Å². The summed E-state index contributed by atoms with van der Waals surface area (Å²) in [6, 6.07) is 13.1. The van der Waals surface area contributed by atoms with E-state index in [9.17, 15) is 18.8 Å². The number of esters is 1. The van der Waals surface area contributed by atoms with E-state index in [1.54, 1.807) is 4.90 Å². The van der Waals surface area contributed by atoms with Gasteiger partial charge in [0.2, 0.25) is 0 Å². The summed E-state index contributed by atoms with van der Waals surface area (Å²) in [5.41, 5.74) is 2.51. The number of halogens is 1. The number of hydrogen-bond donors (Lipinski definition) is 1. The third-order valence-corrected chi connectivity index (χ3v) is 5.29. The van der Waals surface area contributed by atoms with Crippen molar-refractivity contribution < 1.29 is 23.5 Å². The minimum Gasteiger partial charge on any atom is -0.455 e. The molecule has 1 aliphatic heterocycles. The Morgan fingerprint density at radius 1 is 1.07 bits per heavy atom. The van der Waals surface area contributed by atoms with Crippen LogP contribution in [0.1, 0.15) is 34.3 Å². The number of likely N-dealkylation sites (tertiary alicyclic amines) is 1. The molecule has 1 N–H and O–H groups in total. The minimum absolute atomic E-state index is 0.183. The third-order valence-electron chi connectivity index (χ3n) is 5.29. The summed E-state index contributed by atoms with van der Waals surface area (Å²) in [5, 5.41) is 2.75. The molecule has 1 heterocycles. The zero-order valence-electron chi connectivity index (χ0n) is 16.9. The van der Waals surface area contributed by atoms with Gasteiger partial charge in [0.15, 0.2) is 6.61 Å². The van der Waals surface area contributed by atoms with Gasteiger partial charge in [-0.05, 0) is 55.2 Å². The largest absolute Gasteiger partial charge is 0.455 e. The molecule has 0 saturated carbocycles. The van der Waals surface area contributed by atoms with Gasteiger partial charge in [0.05, 0.1) is 5.92 Å². The standard InChI is InChI=1S/C23H25FN2O4/c1-16-4-2-3-5-19(16)14-25-21(27)15-30-23(29)18-10-12-26(13-11-18)22(28)17-6-8-20(24)9-7-17/h2-9,18H,10-15H2,1H3,(H,25,27). The Balaban J connectivity index is 1.39. The van der Waals surface area contributed by atoms with Gasteiger partial charge >= 0.3 is 5.97 Å². The first-order valence-electron chi connectivity index (χ1n) is 9.96. The number of hydrogen-bond acceptors (Lipinski definition) is 4. The highest BCUT2D eigenvalue weighted by Gasteiger charge is 2.29. The predicted octanol–water partition coefficient (Wildman–Crippen LogP) is 2.85. The van der Waals surface area contributed by atoms with Crippen molar-refractivity contribution in [3.05, 3.63) is 71.0 Å². The maximum absolute atomic E-state index is 13.0. The van der Waals surface area contributed by atoms with Crippen LogP contribution in [0.3, 0.4) is 0 Å². The third kappa shape index (κ3) is 5.65. The Labute approximate surface area is 175 Å². The van der Waals surface area contributed by atoms with E-state index in [0.29, 0.717) is 38.0 Å². The number of carbonyl (C=O) groups excluding carboxylic acids is 3. The van der Waals surface area contributed by atoms with Crippen molar-refractivity contribution in [3.63, 3.8) is 0 Å². The summed E-state index contributed by atoms with van der Waals surface area (Å²) in [6.07, 6.45) is 0.938. The van der Waals surface area contributed by atoms with Crippen molar-refractivity contribution in [2.75, 3.05) is 19.7 Å². The lowest BCUT2D eigenvalue weighted by Crippen LogP contribution is -2.41. The summed E-state index contributed by atoms with van der Waals surface area (Å²) < 4.78 is 18.2. The molecule has 2 aromatic carbocycles. The SMILES string of the molecule is Cc1ccccc1CNC(=O)COC(=O)C1CCN(C(=O)c2ccc(F)cc2)CC1. The first kappa shape index (κ1) is 21.5. The monoisotopic (exact) mass is 412 g/mol. The Hall–Kier alpha value is -3.22. The normalized spacial score (nSPS) is 14.3. The molecule has 0 unspecified atom stereocenters. The molecule has 0 atom stereocenters. The molecular weight excluding hydrogens is 387 g/mol. The van der Waals surface area contributed by atoms with Crippen molar-refractivity contribution in [1.29, 1.82) is 0 Å². The summed E-state index contributed by atoms with van der Waals surface area (Å²) in [7, 11) is 0. The average molecular weight is 412 g/mol. The lowest BCUT2D eigenvalue weighted by Gasteiger charge is -2.31. The second-order valence-corrected chi connectivity index (χ2v) is 7.38. The van der Waals surface area contributed by atoms with Gasteiger partial charge in [-0.1, -0.05) is 24.3 Å². The molecule has 0 spiro atoms. The van der Waals surface area contributed by atoms with Crippen molar-refractivity contribution in [2.45, 2.75) is 26.3 Å². The van der Waals surface area contributed by atoms with E-state index in [2.05, 4.69) is 5.32 Å². The molecule has 0 aliphatic carbocycles. The van der Waals surface area contributed by atoms with Gasteiger partial charge in [0.25, 0.3) is 11.8 Å². The second-order valence-electron chi connectivity index (χ2n) is 7.38. The van der Waals surface area contributed by atoms with Crippen molar-refractivity contribution in [2.24, 2.45) is 5.92 Å². The molecule has 6 nitrogen and oxygen atoms in total. The number of carbonyl (C=O) groups is 3. The Morgan fingerprint density at radius 3 is 2.40 bits per heavy atom. The van der Waals surface area contributed by atoms with Crippen LogP contribution >= 0.6 is 0 Å². The fraction of sp³-hybridized carbons (Fsp3) is 0.348. The quantitative estimate of drug-likeness (QED) is 0.741. The van der Waals surface area contributed by atoms with Gasteiger partial charge in [-0.25, -0.2) is 4.39 Å². The van der Waals surface area contributed by atoms with E-state index in [-0.39, 0.29) is 24.3 Å². The number of rotatable bonds is 6. The van der Waals surface area contributed by atoms with E-state index in [1.807, 2.05) is 31.2 Å². The molecule has 2 aromatic rings. The predicted molar refractivity (Wildman–Crippen MR) is 109 cm³/mol. The van der Waals surface area contributed by atoms with E-state index in [1.165, 1.54) is 24.3 Å². The highest BCUT2D eigenvalue weighted by atomic mass is 19.1. The number of nitrogens with zero attached hydrogens (tertiary/aromatic N) is 1. The van der Waals surface area contributed by atoms with Crippen molar-refractivity contribution in [1.82, 2.24) is 10.2 Å².